The lowest BCUT2D eigenvalue weighted by atomic mass is 9.86. The molecule has 0 aromatic heterocycles. The Bertz CT molecular complexity index is 255. The summed E-state index contributed by atoms with van der Waals surface area (Å²) >= 11 is 2.06. The Hall–Kier alpha value is -0.0200. The van der Waals surface area contributed by atoms with Crippen LogP contribution in [0.1, 0.15) is 47.0 Å². The van der Waals surface area contributed by atoms with Crippen LogP contribution in [0.3, 0.4) is 0 Å². The number of rotatable bonds is 5. The van der Waals surface area contributed by atoms with E-state index in [1.54, 1.807) is 0 Å². The fourth-order valence-electron chi connectivity index (χ4n) is 2.48. The van der Waals surface area contributed by atoms with Gasteiger partial charge in [-0.05, 0) is 19.4 Å². The molecule has 100 valence electrons. The summed E-state index contributed by atoms with van der Waals surface area (Å²) < 4.78 is 0.400. The van der Waals surface area contributed by atoms with Gasteiger partial charge >= 0.3 is 0 Å². The molecule has 1 unspecified atom stereocenters. The summed E-state index contributed by atoms with van der Waals surface area (Å²) in [5, 5.41) is 0. The lowest BCUT2D eigenvalue weighted by Gasteiger charge is -2.30. The van der Waals surface area contributed by atoms with Gasteiger partial charge < -0.3 is 9.69 Å². The van der Waals surface area contributed by atoms with E-state index in [9.17, 15) is 4.79 Å². The number of aldehydes is 1. The number of hydrogen-bond donors (Lipinski definition) is 0. The van der Waals surface area contributed by atoms with Crippen LogP contribution in [0.25, 0.3) is 0 Å². The molecule has 1 saturated heterocycles. The van der Waals surface area contributed by atoms with E-state index in [0.717, 1.165) is 32.5 Å². The van der Waals surface area contributed by atoms with E-state index in [0.29, 0.717) is 4.75 Å². The first-order valence-corrected chi connectivity index (χ1v) is 7.72. The predicted octanol–water partition coefficient (Wildman–Crippen LogP) is 3.21. The van der Waals surface area contributed by atoms with E-state index in [4.69, 9.17) is 0 Å². The largest absolute Gasteiger partial charge is 0.303 e. The lowest BCUT2D eigenvalue weighted by Crippen LogP contribution is -2.38. The Morgan fingerprint density at radius 2 is 2.12 bits per heavy atom. The van der Waals surface area contributed by atoms with Crippen LogP contribution in [0, 0.1) is 5.41 Å². The van der Waals surface area contributed by atoms with Crippen molar-refractivity contribution in [3.8, 4) is 0 Å². The maximum atomic E-state index is 11.3. The molecule has 0 aromatic carbocycles. The van der Waals surface area contributed by atoms with E-state index in [-0.39, 0.29) is 5.41 Å². The van der Waals surface area contributed by atoms with Crippen LogP contribution in [-0.4, -0.2) is 41.3 Å². The third kappa shape index (κ3) is 5.01. The van der Waals surface area contributed by atoms with Gasteiger partial charge in [-0.2, -0.15) is 11.8 Å². The van der Waals surface area contributed by atoms with Gasteiger partial charge in [0.25, 0.3) is 0 Å². The van der Waals surface area contributed by atoms with Gasteiger partial charge in [-0.25, -0.2) is 0 Å². The molecular weight excluding hydrogens is 230 g/mol. The highest BCUT2D eigenvalue weighted by atomic mass is 32.2. The molecule has 1 aliphatic heterocycles. The molecule has 0 N–H and O–H groups in total. The van der Waals surface area contributed by atoms with Gasteiger partial charge in [0.05, 0.1) is 0 Å². The summed E-state index contributed by atoms with van der Waals surface area (Å²) in [4.78, 5) is 13.7. The zero-order valence-electron chi connectivity index (χ0n) is 11.8. The molecule has 0 radical (unpaired) electrons. The van der Waals surface area contributed by atoms with Gasteiger partial charge in [0.1, 0.15) is 6.29 Å². The van der Waals surface area contributed by atoms with E-state index in [2.05, 4.69) is 44.4 Å². The van der Waals surface area contributed by atoms with Gasteiger partial charge in [-0.3, -0.25) is 0 Å². The van der Waals surface area contributed by atoms with Gasteiger partial charge in [0.2, 0.25) is 0 Å². The van der Waals surface area contributed by atoms with Crippen molar-refractivity contribution in [1.82, 2.24) is 4.90 Å². The average molecular weight is 257 g/mol. The Morgan fingerprint density at radius 3 is 2.71 bits per heavy atom. The van der Waals surface area contributed by atoms with Crippen LogP contribution in [0.5, 0.6) is 0 Å². The highest BCUT2D eigenvalue weighted by molar-refractivity contribution is 8.00. The highest BCUT2D eigenvalue weighted by Gasteiger charge is 2.29. The zero-order chi connectivity index (χ0) is 12.9. The smallest absolute Gasteiger partial charge is 0.127 e. The Labute approximate surface area is 111 Å². The highest BCUT2D eigenvalue weighted by Crippen LogP contribution is 2.32. The lowest BCUT2D eigenvalue weighted by molar-refractivity contribution is -0.116. The van der Waals surface area contributed by atoms with Crippen LogP contribution >= 0.6 is 11.8 Å². The van der Waals surface area contributed by atoms with Crippen molar-refractivity contribution in [2.75, 3.05) is 25.4 Å². The summed E-state index contributed by atoms with van der Waals surface area (Å²) in [6.45, 7) is 12.1. The van der Waals surface area contributed by atoms with Crippen molar-refractivity contribution in [3.63, 3.8) is 0 Å². The second-order valence-corrected chi connectivity index (χ2v) is 7.96. The van der Waals surface area contributed by atoms with Crippen LogP contribution in [0.4, 0.5) is 0 Å². The monoisotopic (exact) mass is 257 g/mol. The van der Waals surface area contributed by atoms with Crippen molar-refractivity contribution < 1.29 is 4.79 Å². The van der Waals surface area contributed by atoms with Crippen LogP contribution in [0.15, 0.2) is 0 Å². The molecule has 0 aliphatic carbocycles. The number of carbonyl (C=O) groups excluding carboxylic acids is 1. The van der Waals surface area contributed by atoms with Crippen LogP contribution < -0.4 is 0 Å². The number of carbonyl (C=O) groups is 1. The minimum absolute atomic E-state index is 0.145. The third-order valence-electron chi connectivity index (χ3n) is 3.62. The summed E-state index contributed by atoms with van der Waals surface area (Å²) in [5.74, 6) is 1.19. The van der Waals surface area contributed by atoms with Gasteiger partial charge in [0.15, 0.2) is 0 Å². The first kappa shape index (κ1) is 15.0. The number of nitrogens with zero attached hydrogens (tertiary/aromatic N) is 1. The van der Waals surface area contributed by atoms with Crippen LogP contribution in [0.2, 0.25) is 0 Å². The molecule has 3 heteroatoms. The minimum Gasteiger partial charge on any atom is -0.303 e. The van der Waals surface area contributed by atoms with Crippen LogP contribution in [-0.2, 0) is 4.79 Å². The predicted molar refractivity (Wildman–Crippen MR) is 76.7 cm³/mol. The molecule has 0 saturated carbocycles. The van der Waals surface area contributed by atoms with Crippen molar-refractivity contribution in [2.45, 2.75) is 51.7 Å². The SMILES string of the molecule is CCCC(C)(C=O)CN1CCSC(C)(C)CC1. The molecule has 0 bridgehead atoms. The van der Waals surface area contributed by atoms with Crippen molar-refractivity contribution >= 4 is 18.0 Å². The molecule has 1 fully saturated rings. The summed E-state index contributed by atoms with van der Waals surface area (Å²) in [5.41, 5.74) is -0.145. The number of hydrogen-bond acceptors (Lipinski definition) is 3. The van der Waals surface area contributed by atoms with Crippen molar-refractivity contribution in [2.24, 2.45) is 5.41 Å². The van der Waals surface area contributed by atoms with E-state index in [1.807, 2.05) is 0 Å². The zero-order valence-corrected chi connectivity index (χ0v) is 12.6. The molecular formula is C14H27NOS. The Balaban J connectivity index is 2.53. The second kappa shape index (κ2) is 6.24. The Kier molecular flexibility index (Phi) is 5.52. The molecule has 0 amide bonds. The standard InChI is InChI=1S/C14H27NOS/c1-5-6-14(4,12-16)11-15-8-7-13(2,3)17-10-9-15/h12H,5-11H2,1-4H3. The molecule has 1 rings (SSSR count). The quantitative estimate of drug-likeness (QED) is 0.705. The molecule has 1 atom stereocenters. The molecule has 17 heavy (non-hydrogen) atoms. The van der Waals surface area contributed by atoms with E-state index < -0.39 is 0 Å². The third-order valence-corrected chi connectivity index (χ3v) is 4.99. The first-order chi connectivity index (χ1) is 7.91. The van der Waals surface area contributed by atoms with Crippen molar-refractivity contribution in [3.05, 3.63) is 0 Å². The minimum atomic E-state index is -0.145. The average Bonchev–Trinajstić information content (AvgIpc) is 2.41. The second-order valence-electron chi connectivity index (χ2n) is 6.16. The maximum Gasteiger partial charge on any atom is 0.127 e. The first-order valence-electron chi connectivity index (χ1n) is 6.73. The summed E-state index contributed by atoms with van der Waals surface area (Å²) in [7, 11) is 0. The topological polar surface area (TPSA) is 20.3 Å². The fraction of sp³-hybridized carbons (Fsp3) is 0.929. The van der Waals surface area contributed by atoms with Crippen molar-refractivity contribution in [1.29, 1.82) is 0 Å². The molecule has 0 spiro atoms. The fourth-order valence-corrected chi connectivity index (χ4v) is 3.62. The van der Waals surface area contributed by atoms with Gasteiger partial charge in [0, 0.05) is 29.0 Å². The Morgan fingerprint density at radius 1 is 1.41 bits per heavy atom. The van der Waals surface area contributed by atoms with E-state index in [1.165, 1.54) is 18.5 Å². The molecule has 0 aromatic rings. The number of thioether (sulfide) groups is 1. The van der Waals surface area contributed by atoms with Gasteiger partial charge in [-0.15, -0.1) is 0 Å². The molecule has 1 heterocycles. The summed E-state index contributed by atoms with van der Waals surface area (Å²) in [6, 6.07) is 0. The molecule has 1 aliphatic rings. The summed E-state index contributed by atoms with van der Waals surface area (Å²) in [6.07, 6.45) is 4.48. The van der Waals surface area contributed by atoms with E-state index >= 15 is 0 Å². The maximum absolute atomic E-state index is 11.3. The van der Waals surface area contributed by atoms with Gasteiger partial charge in [-0.1, -0.05) is 34.1 Å². The molecule has 2 nitrogen and oxygen atoms in total. The normalized spacial score (nSPS) is 24.9.